The number of nitrogens with one attached hydrogen (secondary N) is 1. The molecule has 0 bridgehead atoms. The fourth-order valence-electron chi connectivity index (χ4n) is 3.14. The molecule has 0 spiro atoms. The Kier molecular flexibility index (Phi) is 6.60. The van der Waals surface area contributed by atoms with Gasteiger partial charge in [-0.1, -0.05) is 13.8 Å². The molecular weight excluding hydrogens is 304 g/mol. The molecule has 0 aliphatic heterocycles. The van der Waals surface area contributed by atoms with Crippen molar-refractivity contribution in [3.05, 3.63) is 17.8 Å². The molecule has 0 aromatic carbocycles. The maximum absolute atomic E-state index is 12.9. The van der Waals surface area contributed by atoms with Gasteiger partial charge in [-0.2, -0.15) is 0 Å². The fraction of sp³-hybridized carbons (Fsp3) is 0.684. The predicted octanol–water partition coefficient (Wildman–Crippen LogP) is 4.10. The van der Waals surface area contributed by atoms with Gasteiger partial charge in [0, 0.05) is 12.7 Å². The maximum atomic E-state index is 12.9. The molecular formula is C19H30N2O3. The first-order valence-corrected chi connectivity index (χ1v) is 9.06. The van der Waals surface area contributed by atoms with Gasteiger partial charge in [-0.3, -0.25) is 4.79 Å². The number of ether oxygens (including phenoxy) is 2. The number of rotatable bonds is 7. The second-order valence-electron chi connectivity index (χ2n) is 6.69. The van der Waals surface area contributed by atoms with Crippen LogP contribution in [-0.2, 0) is 9.53 Å². The molecule has 1 heterocycles. The lowest BCUT2D eigenvalue weighted by Crippen LogP contribution is -2.48. The van der Waals surface area contributed by atoms with Gasteiger partial charge >= 0.3 is 0 Å². The third-order valence-electron chi connectivity index (χ3n) is 4.68. The highest BCUT2D eigenvalue weighted by atomic mass is 16.5. The first-order valence-electron chi connectivity index (χ1n) is 9.06. The van der Waals surface area contributed by atoms with Gasteiger partial charge in [0.1, 0.15) is 5.60 Å². The summed E-state index contributed by atoms with van der Waals surface area (Å²) in [5, 5.41) is 3.02. The van der Waals surface area contributed by atoms with Gasteiger partial charge in [-0.25, -0.2) is 4.98 Å². The van der Waals surface area contributed by atoms with Crippen molar-refractivity contribution in [3.63, 3.8) is 0 Å². The molecule has 1 N–H and O–H groups in total. The number of carbonyl (C=O) groups is 1. The molecule has 1 aliphatic rings. The highest BCUT2D eigenvalue weighted by Gasteiger charge is 2.42. The molecule has 0 atom stereocenters. The van der Waals surface area contributed by atoms with Crippen molar-refractivity contribution in [3.8, 4) is 5.88 Å². The lowest BCUT2D eigenvalue weighted by atomic mass is 9.78. The number of carbonyl (C=O) groups excluding carboxylic acids is 1. The topological polar surface area (TPSA) is 60.5 Å². The van der Waals surface area contributed by atoms with Gasteiger partial charge in [0.2, 0.25) is 5.88 Å². The quantitative estimate of drug-likeness (QED) is 0.815. The monoisotopic (exact) mass is 334 g/mol. The largest absolute Gasteiger partial charge is 0.478 e. The molecule has 1 aliphatic carbocycles. The van der Waals surface area contributed by atoms with Crippen LogP contribution in [0, 0.1) is 12.8 Å². The predicted molar refractivity (Wildman–Crippen MR) is 95.4 cm³/mol. The Morgan fingerprint density at radius 2 is 2.04 bits per heavy atom. The van der Waals surface area contributed by atoms with Gasteiger partial charge in [-0.05, 0) is 57.9 Å². The molecule has 134 valence electrons. The molecule has 0 radical (unpaired) electrons. The van der Waals surface area contributed by atoms with E-state index in [1.54, 1.807) is 6.07 Å². The van der Waals surface area contributed by atoms with Crippen LogP contribution in [0.2, 0.25) is 0 Å². The zero-order chi connectivity index (χ0) is 17.6. The average Bonchev–Trinajstić information content (AvgIpc) is 2.57. The molecule has 24 heavy (non-hydrogen) atoms. The van der Waals surface area contributed by atoms with Gasteiger partial charge in [-0.15, -0.1) is 0 Å². The van der Waals surface area contributed by atoms with Crippen LogP contribution in [0.25, 0.3) is 0 Å². The number of aryl methyl sites for hydroxylation is 1. The van der Waals surface area contributed by atoms with Crippen molar-refractivity contribution < 1.29 is 14.3 Å². The van der Waals surface area contributed by atoms with Crippen LogP contribution in [-0.4, -0.2) is 29.7 Å². The standard InChI is InChI=1S/C19H30N2O3/c1-5-13-23-17-8-7-16(15(4)20-17)21-18(22)19(24-6-2)11-9-14(3)10-12-19/h7-8,14H,5-6,9-13H2,1-4H3,(H,21,22). The normalized spacial score (nSPS) is 23.8. The Morgan fingerprint density at radius 1 is 1.33 bits per heavy atom. The van der Waals surface area contributed by atoms with E-state index in [1.165, 1.54) is 0 Å². The first-order chi connectivity index (χ1) is 11.5. The van der Waals surface area contributed by atoms with Gasteiger partial charge < -0.3 is 14.8 Å². The summed E-state index contributed by atoms with van der Waals surface area (Å²) in [7, 11) is 0. The summed E-state index contributed by atoms with van der Waals surface area (Å²) in [5.74, 6) is 1.20. The summed E-state index contributed by atoms with van der Waals surface area (Å²) in [6.45, 7) is 9.30. The molecule has 5 heteroatoms. The number of aromatic nitrogens is 1. The minimum atomic E-state index is -0.703. The summed E-state index contributed by atoms with van der Waals surface area (Å²) in [4.78, 5) is 17.3. The van der Waals surface area contributed by atoms with E-state index in [-0.39, 0.29) is 5.91 Å². The van der Waals surface area contributed by atoms with Crippen molar-refractivity contribution in [2.24, 2.45) is 5.92 Å². The van der Waals surface area contributed by atoms with Gasteiger partial charge in [0.05, 0.1) is 18.0 Å². The van der Waals surface area contributed by atoms with E-state index in [2.05, 4.69) is 24.1 Å². The summed E-state index contributed by atoms with van der Waals surface area (Å²) < 4.78 is 11.4. The number of pyridine rings is 1. The zero-order valence-corrected chi connectivity index (χ0v) is 15.4. The number of hydrogen-bond donors (Lipinski definition) is 1. The van der Waals surface area contributed by atoms with Crippen LogP contribution < -0.4 is 10.1 Å². The highest BCUT2D eigenvalue weighted by Crippen LogP contribution is 2.36. The van der Waals surface area contributed by atoms with E-state index in [0.29, 0.717) is 25.0 Å². The molecule has 1 fully saturated rings. The molecule has 0 unspecified atom stereocenters. The summed E-state index contributed by atoms with van der Waals surface area (Å²) >= 11 is 0. The van der Waals surface area contributed by atoms with Crippen molar-refractivity contribution in [2.45, 2.75) is 65.4 Å². The van der Waals surface area contributed by atoms with E-state index in [0.717, 1.165) is 43.5 Å². The SMILES string of the molecule is CCCOc1ccc(NC(=O)C2(OCC)CCC(C)CC2)c(C)n1. The summed E-state index contributed by atoms with van der Waals surface area (Å²) in [6.07, 6.45) is 4.54. The van der Waals surface area contributed by atoms with Gasteiger partial charge in [0.25, 0.3) is 5.91 Å². The maximum Gasteiger partial charge on any atom is 0.256 e. The minimum Gasteiger partial charge on any atom is -0.478 e. The minimum absolute atomic E-state index is 0.0524. The number of nitrogens with zero attached hydrogens (tertiary/aromatic N) is 1. The molecule has 1 saturated carbocycles. The summed E-state index contributed by atoms with van der Waals surface area (Å²) in [5.41, 5.74) is 0.778. The fourth-order valence-corrected chi connectivity index (χ4v) is 3.14. The molecule has 2 rings (SSSR count). The lowest BCUT2D eigenvalue weighted by Gasteiger charge is -2.37. The third-order valence-corrected chi connectivity index (χ3v) is 4.68. The van der Waals surface area contributed by atoms with Crippen molar-refractivity contribution in [1.82, 2.24) is 4.98 Å². The Bertz CT molecular complexity index is 552. The lowest BCUT2D eigenvalue weighted by molar-refractivity contribution is -0.146. The Labute approximate surface area is 145 Å². The van der Waals surface area contributed by atoms with Crippen LogP contribution in [0.3, 0.4) is 0 Å². The van der Waals surface area contributed by atoms with Crippen molar-refractivity contribution in [1.29, 1.82) is 0 Å². The second kappa shape index (κ2) is 8.47. The molecule has 1 aromatic rings. The van der Waals surface area contributed by atoms with Crippen LogP contribution in [0.1, 0.15) is 58.6 Å². The van der Waals surface area contributed by atoms with E-state index in [1.807, 2.05) is 19.9 Å². The van der Waals surface area contributed by atoms with Crippen LogP contribution in [0.15, 0.2) is 12.1 Å². The number of amides is 1. The number of anilines is 1. The van der Waals surface area contributed by atoms with Crippen LogP contribution in [0.5, 0.6) is 5.88 Å². The van der Waals surface area contributed by atoms with Crippen LogP contribution >= 0.6 is 0 Å². The van der Waals surface area contributed by atoms with E-state index in [4.69, 9.17) is 9.47 Å². The number of hydrogen-bond acceptors (Lipinski definition) is 4. The molecule has 1 amide bonds. The van der Waals surface area contributed by atoms with Gasteiger partial charge in [0.15, 0.2) is 0 Å². The van der Waals surface area contributed by atoms with E-state index < -0.39 is 5.60 Å². The van der Waals surface area contributed by atoms with Crippen molar-refractivity contribution in [2.75, 3.05) is 18.5 Å². The van der Waals surface area contributed by atoms with E-state index >= 15 is 0 Å². The van der Waals surface area contributed by atoms with Crippen molar-refractivity contribution >= 4 is 11.6 Å². The van der Waals surface area contributed by atoms with Crippen LogP contribution in [0.4, 0.5) is 5.69 Å². The smallest absolute Gasteiger partial charge is 0.256 e. The zero-order valence-electron chi connectivity index (χ0n) is 15.4. The average molecular weight is 334 g/mol. The second-order valence-corrected chi connectivity index (χ2v) is 6.69. The summed E-state index contributed by atoms with van der Waals surface area (Å²) in [6, 6.07) is 3.66. The molecule has 1 aromatic heterocycles. The highest BCUT2D eigenvalue weighted by molar-refractivity contribution is 5.97. The molecule has 0 saturated heterocycles. The Balaban J connectivity index is 2.09. The van der Waals surface area contributed by atoms with E-state index in [9.17, 15) is 4.79 Å². The first kappa shape index (κ1) is 18.7. The third kappa shape index (κ3) is 4.47. The Morgan fingerprint density at radius 3 is 2.62 bits per heavy atom. The Hall–Kier alpha value is -1.62. The molecule has 5 nitrogen and oxygen atoms in total.